The van der Waals surface area contributed by atoms with Crippen LogP contribution >= 0.6 is 0 Å². The van der Waals surface area contributed by atoms with Crippen LogP contribution in [0.25, 0.3) is 10.9 Å². The van der Waals surface area contributed by atoms with Crippen molar-refractivity contribution in [3.63, 3.8) is 0 Å². The van der Waals surface area contributed by atoms with Gasteiger partial charge in [0.15, 0.2) is 5.43 Å². The topological polar surface area (TPSA) is 42.1 Å². The number of fused-ring (bicyclic) bond motifs is 1. The SMILES string of the molecule is COc1cc(F)c2c(=O)cc[nH]c2c1. The number of pyridine rings is 1. The Hall–Kier alpha value is -1.84. The fraction of sp³-hybridized carbons (Fsp3) is 0.100. The molecule has 1 aromatic heterocycles. The molecule has 0 fully saturated rings. The summed E-state index contributed by atoms with van der Waals surface area (Å²) in [5.41, 5.74) is 0.105. The Morgan fingerprint density at radius 1 is 1.43 bits per heavy atom. The highest BCUT2D eigenvalue weighted by Gasteiger charge is 2.06. The molecule has 0 amide bonds. The third-order valence-electron chi connectivity index (χ3n) is 2.02. The van der Waals surface area contributed by atoms with Crippen molar-refractivity contribution in [2.45, 2.75) is 0 Å². The first-order valence-electron chi connectivity index (χ1n) is 4.07. The van der Waals surface area contributed by atoms with E-state index in [9.17, 15) is 9.18 Å². The van der Waals surface area contributed by atoms with Crippen molar-refractivity contribution in [2.24, 2.45) is 0 Å². The van der Waals surface area contributed by atoms with Crippen molar-refractivity contribution < 1.29 is 9.13 Å². The van der Waals surface area contributed by atoms with Gasteiger partial charge in [0, 0.05) is 24.4 Å². The molecule has 3 nitrogen and oxygen atoms in total. The lowest BCUT2D eigenvalue weighted by Gasteiger charge is -2.02. The molecule has 0 bridgehead atoms. The molecule has 1 N–H and O–H groups in total. The predicted octanol–water partition coefficient (Wildman–Crippen LogP) is 1.68. The maximum absolute atomic E-state index is 13.4. The quantitative estimate of drug-likeness (QED) is 0.748. The molecule has 72 valence electrons. The molecule has 0 saturated heterocycles. The average molecular weight is 193 g/mol. The Labute approximate surface area is 79.1 Å². The van der Waals surface area contributed by atoms with Crippen LogP contribution in [0.5, 0.6) is 5.75 Å². The number of ether oxygens (including phenoxy) is 1. The van der Waals surface area contributed by atoms with Gasteiger partial charge >= 0.3 is 0 Å². The van der Waals surface area contributed by atoms with Gasteiger partial charge in [-0.25, -0.2) is 4.39 Å². The van der Waals surface area contributed by atoms with Crippen LogP contribution in [-0.2, 0) is 0 Å². The van der Waals surface area contributed by atoms with Gasteiger partial charge in [0.1, 0.15) is 11.6 Å². The molecule has 1 heterocycles. The molecule has 0 aliphatic carbocycles. The van der Waals surface area contributed by atoms with Crippen LogP contribution in [-0.4, -0.2) is 12.1 Å². The molecule has 0 aliphatic rings. The minimum atomic E-state index is -0.568. The van der Waals surface area contributed by atoms with Crippen molar-refractivity contribution in [1.82, 2.24) is 4.98 Å². The van der Waals surface area contributed by atoms with Crippen molar-refractivity contribution in [3.05, 3.63) is 40.4 Å². The summed E-state index contributed by atoms with van der Waals surface area (Å²) in [6, 6.07) is 4.06. The molecule has 0 atom stereocenters. The van der Waals surface area contributed by atoms with Gasteiger partial charge in [-0.15, -0.1) is 0 Å². The van der Waals surface area contributed by atoms with Crippen molar-refractivity contribution in [3.8, 4) is 5.75 Å². The maximum Gasteiger partial charge on any atom is 0.192 e. The predicted molar refractivity (Wildman–Crippen MR) is 51.1 cm³/mol. The first-order chi connectivity index (χ1) is 6.72. The second kappa shape index (κ2) is 3.14. The molecular formula is C10H8FNO2. The third-order valence-corrected chi connectivity index (χ3v) is 2.02. The molecule has 1 aromatic carbocycles. The molecular weight excluding hydrogens is 185 g/mol. The van der Waals surface area contributed by atoms with E-state index in [1.165, 1.54) is 25.4 Å². The first-order valence-corrected chi connectivity index (χ1v) is 4.07. The van der Waals surface area contributed by atoms with Crippen molar-refractivity contribution in [2.75, 3.05) is 7.11 Å². The van der Waals surface area contributed by atoms with Gasteiger partial charge in [-0.05, 0) is 0 Å². The number of methoxy groups -OCH3 is 1. The van der Waals surface area contributed by atoms with Crippen LogP contribution in [0.4, 0.5) is 4.39 Å². The lowest BCUT2D eigenvalue weighted by molar-refractivity contribution is 0.412. The Morgan fingerprint density at radius 3 is 2.93 bits per heavy atom. The summed E-state index contributed by atoms with van der Waals surface area (Å²) in [5, 5.41) is 0.0632. The average Bonchev–Trinajstić information content (AvgIpc) is 2.17. The first kappa shape index (κ1) is 8.74. The number of aromatic amines is 1. The minimum absolute atomic E-state index is 0.0632. The summed E-state index contributed by atoms with van der Waals surface area (Å²) >= 11 is 0. The molecule has 0 unspecified atom stereocenters. The second-order valence-corrected chi connectivity index (χ2v) is 2.87. The number of hydrogen-bond acceptors (Lipinski definition) is 2. The molecule has 2 aromatic rings. The Morgan fingerprint density at radius 2 is 2.21 bits per heavy atom. The van der Waals surface area contributed by atoms with Gasteiger partial charge in [-0.1, -0.05) is 0 Å². The fourth-order valence-corrected chi connectivity index (χ4v) is 1.35. The van der Waals surface area contributed by atoms with E-state index >= 15 is 0 Å². The fourth-order valence-electron chi connectivity index (χ4n) is 1.35. The van der Waals surface area contributed by atoms with Gasteiger partial charge in [0.05, 0.1) is 18.0 Å². The highest BCUT2D eigenvalue weighted by Crippen LogP contribution is 2.19. The minimum Gasteiger partial charge on any atom is -0.497 e. The van der Waals surface area contributed by atoms with E-state index < -0.39 is 5.82 Å². The Bertz CT molecular complexity index is 533. The maximum atomic E-state index is 13.4. The molecule has 14 heavy (non-hydrogen) atoms. The summed E-state index contributed by atoms with van der Waals surface area (Å²) in [6.07, 6.45) is 1.48. The summed E-state index contributed by atoms with van der Waals surface area (Å²) < 4.78 is 18.3. The standard InChI is InChI=1S/C10H8FNO2/c1-14-6-4-7(11)10-8(5-6)12-3-2-9(10)13/h2-5H,1H3,(H,12,13). The summed E-state index contributed by atoms with van der Waals surface area (Å²) in [6.45, 7) is 0. The van der Waals surface area contributed by atoms with E-state index in [-0.39, 0.29) is 10.8 Å². The monoisotopic (exact) mass is 193 g/mol. The largest absolute Gasteiger partial charge is 0.497 e. The van der Waals surface area contributed by atoms with Crippen LogP contribution < -0.4 is 10.2 Å². The van der Waals surface area contributed by atoms with Crippen molar-refractivity contribution >= 4 is 10.9 Å². The number of H-pyrrole nitrogens is 1. The Kier molecular flexibility index (Phi) is 1.96. The van der Waals surface area contributed by atoms with E-state index in [4.69, 9.17) is 4.74 Å². The van der Waals surface area contributed by atoms with E-state index in [1.807, 2.05) is 0 Å². The van der Waals surface area contributed by atoms with Gasteiger partial charge in [-0.2, -0.15) is 0 Å². The summed E-state index contributed by atoms with van der Waals surface area (Å²) in [5.74, 6) is -0.182. The molecule has 2 rings (SSSR count). The summed E-state index contributed by atoms with van der Waals surface area (Å²) in [7, 11) is 1.45. The van der Waals surface area contributed by atoms with E-state index in [1.54, 1.807) is 6.07 Å². The number of rotatable bonds is 1. The van der Waals surface area contributed by atoms with E-state index in [2.05, 4.69) is 4.98 Å². The molecule has 0 spiro atoms. The lowest BCUT2D eigenvalue weighted by atomic mass is 10.2. The van der Waals surface area contributed by atoms with Gasteiger partial charge in [0.2, 0.25) is 0 Å². The number of benzene rings is 1. The van der Waals surface area contributed by atoms with Crippen LogP contribution in [0.15, 0.2) is 29.2 Å². The zero-order valence-electron chi connectivity index (χ0n) is 7.50. The number of hydrogen-bond donors (Lipinski definition) is 1. The smallest absolute Gasteiger partial charge is 0.192 e. The van der Waals surface area contributed by atoms with E-state index in [0.29, 0.717) is 11.3 Å². The Balaban J connectivity index is 2.90. The highest BCUT2D eigenvalue weighted by molar-refractivity contribution is 5.80. The number of aromatic nitrogens is 1. The van der Waals surface area contributed by atoms with E-state index in [0.717, 1.165) is 0 Å². The van der Waals surface area contributed by atoms with Crippen LogP contribution in [0, 0.1) is 5.82 Å². The normalized spacial score (nSPS) is 10.4. The molecule has 4 heteroatoms. The molecule has 0 saturated carbocycles. The van der Waals surface area contributed by atoms with Crippen LogP contribution in [0.1, 0.15) is 0 Å². The zero-order chi connectivity index (χ0) is 10.1. The molecule has 0 aliphatic heterocycles. The van der Waals surface area contributed by atoms with Crippen LogP contribution in [0.2, 0.25) is 0 Å². The molecule has 0 radical (unpaired) electrons. The number of halogens is 1. The second-order valence-electron chi connectivity index (χ2n) is 2.87. The number of nitrogens with one attached hydrogen (secondary N) is 1. The van der Waals surface area contributed by atoms with Crippen LogP contribution in [0.3, 0.4) is 0 Å². The highest BCUT2D eigenvalue weighted by atomic mass is 19.1. The van der Waals surface area contributed by atoms with Gasteiger partial charge < -0.3 is 9.72 Å². The van der Waals surface area contributed by atoms with Gasteiger partial charge in [-0.3, -0.25) is 4.79 Å². The van der Waals surface area contributed by atoms with Gasteiger partial charge in [0.25, 0.3) is 0 Å². The zero-order valence-corrected chi connectivity index (χ0v) is 7.50. The third kappa shape index (κ3) is 1.25. The van der Waals surface area contributed by atoms with Crippen molar-refractivity contribution in [1.29, 1.82) is 0 Å². The lowest BCUT2D eigenvalue weighted by Crippen LogP contribution is -2.02. The summed E-state index contributed by atoms with van der Waals surface area (Å²) in [4.78, 5) is 14.1.